The molecule has 0 atom stereocenters. The molecule has 0 aliphatic rings. The van der Waals surface area contributed by atoms with Crippen molar-refractivity contribution < 1.29 is 18.1 Å². The van der Waals surface area contributed by atoms with Gasteiger partial charge in [-0.3, -0.25) is 0 Å². The van der Waals surface area contributed by atoms with E-state index in [0.29, 0.717) is 25.6 Å². The zero-order valence-electron chi connectivity index (χ0n) is 10.5. The van der Waals surface area contributed by atoms with E-state index in [-0.39, 0.29) is 0 Å². The zero-order valence-corrected chi connectivity index (χ0v) is 12.4. The van der Waals surface area contributed by atoms with E-state index in [1.165, 1.54) is 6.08 Å². The highest BCUT2D eigenvalue weighted by atomic mass is 32.1. The third kappa shape index (κ3) is 7.70. The van der Waals surface area contributed by atoms with Gasteiger partial charge in [0, 0.05) is 26.9 Å². The molecule has 17 heavy (non-hydrogen) atoms. The summed E-state index contributed by atoms with van der Waals surface area (Å²) in [5.74, 6) is 0.853. The van der Waals surface area contributed by atoms with Gasteiger partial charge in [-0.2, -0.15) is 12.6 Å². The van der Waals surface area contributed by atoms with Gasteiger partial charge in [0.2, 0.25) is 6.08 Å². The van der Waals surface area contributed by atoms with Crippen molar-refractivity contribution in [1.82, 2.24) is 0 Å². The average molecular weight is 279 g/mol. The number of nitrogens with zero attached hydrogens (tertiary/aromatic N) is 1. The van der Waals surface area contributed by atoms with Crippen molar-refractivity contribution in [2.45, 2.75) is 25.3 Å². The molecule has 0 saturated carbocycles. The SMILES string of the molecule is CO[Si](CCCN=C=O)(OC)OCCCCS. The van der Waals surface area contributed by atoms with Crippen LogP contribution in [-0.4, -0.2) is 48.0 Å². The van der Waals surface area contributed by atoms with Crippen LogP contribution in [-0.2, 0) is 18.1 Å². The largest absolute Gasteiger partial charge is 0.500 e. The number of rotatable bonds is 11. The molecule has 100 valence electrons. The third-order valence-electron chi connectivity index (χ3n) is 2.31. The molecule has 0 heterocycles. The molecule has 0 radical (unpaired) electrons. The summed E-state index contributed by atoms with van der Waals surface area (Å²) in [5.41, 5.74) is 0. The summed E-state index contributed by atoms with van der Waals surface area (Å²) < 4.78 is 16.5. The van der Waals surface area contributed by atoms with E-state index in [2.05, 4.69) is 17.6 Å². The minimum atomic E-state index is -2.56. The van der Waals surface area contributed by atoms with Crippen LogP contribution in [0.25, 0.3) is 0 Å². The molecule has 5 nitrogen and oxygen atoms in total. The van der Waals surface area contributed by atoms with Crippen LogP contribution in [0.5, 0.6) is 0 Å². The van der Waals surface area contributed by atoms with Gasteiger partial charge in [0.1, 0.15) is 0 Å². The van der Waals surface area contributed by atoms with Crippen molar-refractivity contribution in [3.05, 3.63) is 0 Å². The van der Waals surface area contributed by atoms with Crippen LogP contribution in [0.15, 0.2) is 4.99 Å². The lowest BCUT2D eigenvalue weighted by atomic mass is 10.4. The molecule has 7 heteroatoms. The summed E-state index contributed by atoms with van der Waals surface area (Å²) in [6, 6.07) is 0.659. The van der Waals surface area contributed by atoms with Gasteiger partial charge in [0.05, 0.1) is 6.54 Å². The van der Waals surface area contributed by atoms with Crippen LogP contribution >= 0.6 is 12.6 Å². The van der Waals surface area contributed by atoms with E-state index >= 15 is 0 Å². The summed E-state index contributed by atoms with van der Waals surface area (Å²) in [5, 5.41) is 0. The summed E-state index contributed by atoms with van der Waals surface area (Å²) in [6.45, 7) is 1.05. The number of hydrogen-bond donors (Lipinski definition) is 1. The Bertz CT molecular complexity index is 232. The van der Waals surface area contributed by atoms with Crippen LogP contribution in [0.3, 0.4) is 0 Å². The lowest BCUT2D eigenvalue weighted by Crippen LogP contribution is -2.44. The van der Waals surface area contributed by atoms with Crippen molar-refractivity contribution in [3.8, 4) is 0 Å². The number of hydrogen-bond acceptors (Lipinski definition) is 6. The number of carbonyl (C=O) groups excluding carboxylic acids is 1. The first-order valence-corrected chi connectivity index (χ1v) is 8.20. The minimum Gasteiger partial charge on any atom is -0.377 e. The van der Waals surface area contributed by atoms with Gasteiger partial charge in [-0.25, -0.2) is 9.79 Å². The first kappa shape index (κ1) is 16.8. The van der Waals surface area contributed by atoms with E-state index in [4.69, 9.17) is 13.3 Å². The molecule has 0 aromatic heterocycles. The second kappa shape index (κ2) is 10.9. The Morgan fingerprint density at radius 2 is 1.94 bits per heavy atom. The van der Waals surface area contributed by atoms with Gasteiger partial charge in [0.15, 0.2) is 0 Å². The minimum absolute atomic E-state index is 0.435. The summed E-state index contributed by atoms with van der Waals surface area (Å²) in [4.78, 5) is 13.4. The maximum atomic E-state index is 9.93. The van der Waals surface area contributed by atoms with E-state index in [9.17, 15) is 4.79 Å². The van der Waals surface area contributed by atoms with E-state index in [1.807, 2.05) is 0 Å². The van der Waals surface area contributed by atoms with Crippen LogP contribution < -0.4 is 0 Å². The summed E-state index contributed by atoms with van der Waals surface area (Å²) >= 11 is 4.14. The summed E-state index contributed by atoms with van der Waals surface area (Å²) in [7, 11) is 0.631. The van der Waals surface area contributed by atoms with Gasteiger partial charge >= 0.3 is 8.80 Å². The second-order valence-corrected chi connectivity index (χ2v) is 6.87. The van der Waals surface area contributed by atoms with Crippen LogP contribution in [0.4, 0.5) is 0 Å². The fraction of sp³-hybridized carbons (Fsp3) is 0.900. The van der Waals surface area contributed by atoms with Crippen LogP contribution in [0, 0.1) is 0 Å². The van der Waals surface area contributed by atoms with Gasteiger partial charge in [-0.15, -0.1) is 0 Å². The molecule has 0 bridgehead atoms. The Labute approximate surface area is 109 Å². The lowest BCUT2D eigenvalue weighted by molar-refractivity contribution is 0.0966. The lowest BCUT2D eigenvalue weighted by Gasteiger charge is -2.26. The number of unbranched alkanes of at least 4 members (excludes halogenated alkanes) is 1. The molecule has 0 saturated heterocycles. The highest BCUT2D eigenvalue weighted by Gasteiger charge is 2.38. The standard InChI is InChI=1S/C10H21NO4SSi/c1-13-17(14-2,9-5-6-11-10-12)15-7-3-4-8-16/h16H,3-9H2,1-2H3. The number of thiol groups is 1. The maximum Gasteiger partial charge on any atom is 0.500 e. The molecule has 0 N–H and O–H groups in total. The average Bonchev–Trinajstić information content (AvgIpc) is 2.37. The fourth-order valence-corrected chi connectivity index (χ4v) is 3.56. The zero-order chi connectivity index (χ0) is 13.0. The smallest absolute Gasteiger partial charge is 0.377 e. The molecular formula is C10H21NO4SSi. The third-order valence-corrected chi connectivity index (χ3v) is 5.48. The molecule has 0 spiro atoms. The Balaban J connectivity index is 4.00. The number of isocyanates is 1. The Kier molecular flexibility index (Phi) is 10.8. The molecule has 0 aromatic carbocycles. The summed E-state index contributed by atoms with van der Waals surface area (Å²) in [6.07, 6.45) is 4.17. The predicted octanol–water partition coefficient (Wildman–Crippen LogP) is 1.67. The van der Waals surface area contributed by atoms with E-state index in [1.54, 1.807) is 14.2 Å². The van der Waals surface area contributed by atoms with Crippen LogP contribution in [0.2, 0.25) is 6.04 Å². The molecule has 0 aliphatic heterocycles. The molecule has 0 aliphatic carbocycles. The molecular weight excluding hydrogens is 258 g/mol. The Hall–Kier alpha value is -0.173. The molecule has 0 unspecified atom stereocenters. The molecule has 0 aromatic rings. The fourth-order valence-electron chi connectivity index (χ4n) is 1.34. The molecule has 0 rings (SSSR count). The maximum absolute atomic E-state index is 9.93. The van der Waals surface area contributed by atoms with Crippen molar-refractivity contribution >= 4 is 27.5 Å². The normalized spacial score (nSPS) is 11.2. The monoisotopic (exact) mass is 279 g/mol. The van der Waals surface area contributed by atoms with E-state index < -0.39 is 8.80 Å². The molecule has 0 amide bonds. The molecule has 0 fully saturated rings. The quantitative estimate of drug-likeness (QED) is 0.205. The highest BCUT2D eigenvalue weighted by Crippen LogP contribution is 2.16. The van der Waals surface area contributed by atoms with Crippen molar-refractivity contribution in [2.75, 3.05) is 33.1 Å². The first-order valence-electron chi connectivity index (χ1n) is 5.63. The van der Waals surface area contributed by atoms with Crippen molar-refractivity contribution in [3.63, 3.8) is 0 Å². The Morgan fingerprint density at radius 1 is 1.24 bits per heavy atom. The van der Waals surface area contributed by atoms with Gasteiger partial charge in [0.25, 0.3) is 0 Å². The van der Waals surface area contributed by atoms with Gasteiger partial charge in [-0.05, 0) is 25.0 Å². The predicted molar refractivity (Wildman–Crippen MR) is 71.2 cm³/mol. The van der Waals surface area contributed by atoms with Crippen molar-refractivity contribution in [1.29, 1.82) is 0 Å². The van der Waals surface area contributed by atoms with Crippen LogP contribution in [0.1, 0.15) is 19.3 Å². The van der Waals surface area contributed by atoms with Gasteiger partial charge < -0.3 is 13.3 Å². The Morgan fingerprint density at radius 3 is 2.47 bits per heavy atom. The number of aliphatic imine (C=N–C) groups is 1. The topological polar surface area (TPSA) is 57.1 Å². The van der Waals surface area contributed by atoms with E-state index in [0.717, 1.165) is 18.6 Å². The highest BCUT2D eigenvalue weighted by molar-refractivity contribution is 7.80. The van der Waals surface area contributed by atoms with Crippen molar-refractivity contribution in [2.24, 2.45) is 4.99 Å². The van der Waals surface area contributed by atoms with Gasteiger partial charge in [-0.1, -0.05) is 0 Å². The first-order chi connectivity index (χ1) is 8.24. The second-order valence-electron chi connectivity index (χ2n) is 3.45.